The van der Waals surface area contributed by atoms with E-state index in [1.165, 1.54) is 23.3 Å². The first-order valence-corrected chi connectivity index (χ1v) is 8.69. The van der Waals surface area contributed by atoms with Crippen LogP contribution in [-0.4, -0.2) is 18.5 Å². The molecule has 0 aliphatic heterocycles. The van der Waals surface area contributed by atoms with Gasteiger partial charge in [-0.1, -0.05) is 29.8 Å². The van der Waals surface area contributed by atoms with E-state index in [4.69, 9.17) is 21.6 Å². The summed E-state index contributed by atoms with van der Waals surface area (Å²) in [6, 6.07) is 12.5. The molecule has 2 aromatic rings. The Hall–Kier alpha value is -2.84. The lowest BCUT2D eigenvalue weighted by Gasteiger charge is -2.09. The fraction of sp³-hybridized carbons (Fsp3) is 0.250. The third-order valence-corrected chi connectivity index (χ3v) is 4.49. The number of esters is 1. The molecule has 0 bridgehead atoms. The molecule has 1 aliphatic rings. The van der Waals surface area contributed by atoms with Crippen molar-refractivity contribution in [1.82, 2.24) is 0 Å². The summed E-state index contributed by atoms with van der Waals surface area (Å²) in [5.74, 6) is -0.990. The van der Waals surface area contributed by atoms with Gasteiger partial charge in [-0.3, -0.25) is 9.59 Å². The highest BCUT2D eigenvalue weighted by Gasteiger charge is 2.14. The van der Waals surface area contributed by atoms with Crippen LogP contribution in [0.15, 0.2) is 36.4 Å². The number of benzene rings is 2. The maximum absolute atomic E-state index is 12.0. The van der Waals surface area contributed by atoms with Gasteiger partial charge >= 0.3 is 5.97 Å². The van der Waals surface area contributed by atoms with Gasteiger partial charge in [0, 0.05) is 5.02 Å². The Bertz CT molecular complexity index is 902. The van der Waals surface area contributed by atoms with Crippen molar-refractivity contribution in [3.05, 3.63) is 63.7 Å². The second kappa shape index (κ2) is 8.03. The number of hydrogen-bond donors (Lipinski definition) is 1. The summed E-state index contributed by atoms with van der Waals surface area (Å²) in [5.41, 5.74) is 4.10. The van der Waals surface area contributed by atoms with Crippen LogP contribution >= 0.6 is 11.6 Å². The Labute approximate surface area is 156 Å². The Balaban J connectivity index is 1.52. The van der Waals surface area contributed by atoms with Gasteiger partial charge in [-0.15, -0.1) is 0 Å². The van der Waals surface area contributed by atoms with Crippen molar-refractivity contribution in [1.29, 1.82) is 5.26 Å². The Morgan fingerprint density at radius 3 is 2.77 bits per heavy atom. The number of amides is 1. The van der Waals surface area contributed by atoms with E-state index in [2.05, 4.69) is 11.4 Å². The Morgan fingerprint density at radius 2 is 1.96 bits per heavy atom. The lowest BCUT2D eigenvalue weighted by Crippen LogP contribution is -2.22. The molecule has 1 aliphatic carbocycles. The highest BCUT2D eigenvalue weighted by molar-refractivity contribution is 6.31. The number of halogens is 1. The highest BCUT2D eigenvalue weighted by atomic mass is 35.5. The summed E-state index contributed by atoms with van der Waals surface area (Å²) >= 11 is 5.87. The number of rotatable bonds is 5. The number of nitrogens with one attached hydrogen (secondary N) is 1. The predicted molar refractivity (Wildman–Crippen MR) is 97.9 cm³/mol. The Kier molecular flexibility index (Phi) is 5.55. The third kappa shape index (κ3) is 4.41. The molecule has 5 nitrogen and oxygen atoms in total. The number of anilines is 1. The monoisotopic (exact) mass is 368 g/mol. The zero-order valence-electron chi connectivity index (χ0n) is 14.0. The number of nitriles is 1. The number of ether oxygens (including phenoxy) is 1. The number of hydrogen-bond acceptors (Lipinski definition) is 4. The van der Waals surface area contributed by atoms with Crippen LogP contribution in [0.5, 0.6) is 0 Å². The molecule has 0 fully saturated rings. The zero-order valence-corrected chi connectivity index (χ0v) is 14.8. The fourth-order valence-corrected chi connectivity index (χ4v) is 3.17. The van der Waals surface area contributed by atoms with Crippen molar-refractivity contribution in [2.24, 2.45) is 0 Å². The molecule has 0 saturated heterocycles. The average Bonchev–Trinajstić information content (AvgIpc) is 3.08. The van der Waals surface area contributed by atoms with E-state index in [1.807, 2.05) is 18.2 Å². The minimum atomic E-state index is -0.522. The van der Waals surface area contributed by atoms with Crippen molar-refractivity contribution in [3.8, 4) is 6.07 Å². The van der Waals surface area contributed by atoms with Gasteiger partial charge in [0.2, 0.25) is 0 Å². The van der Waals surface area contributed by atoms with Crippen molar-refractivity contribution < 1.29 is 14.3 Å². The maximum Gasteiger partial charge on any atom is 0.310 e. The number of carbonyl (C=O) groups is 2. The van der Waals surface area contributed by atoms with Crippen LogP contribution in [0.25, 0.3) is 0 Å². The molecule has 26 heavy (non-hydrogen) atoms. The van der Waals surface area contributed by atoms with Gasteiger partial charge in [0.1, 0.15) is 6.07 Å². The zero-order chi connectivity index (χ0) is 18.5. The first-order chi connectivity index (χ1) is 12.5. The van der Waals surface area contributed by atoms with Crippen LogP contribution < -0.4 is 5.32 Å². The van der Waals surface area contributed by atoms with Crippen molar-refractivity contribution >= 4 is 29.2 Å². The summed E-state index contributed by atoms with van der Waals surface area (Å²) in [7, 11) is 0. The van der Waals surface area contributed by atoms with Crippen LogP contribution in [0.4, 0.5) is 5.69 Å². The molecular weight excluding hydrogens is 352 g/mol. The highest BCUT2D eigenvalue weighted by Crippen LogP contribution is 2.23. The summed E-state index contributed by atoms with van der Waals surface area (Å²) < 4.78 is 5.04. The third-order valence-electron chi connectivity index (χ3n) is 4.25. The minimum Gasteiger partial charge on any atom is -0.455 e. The maximum atomic E-state index is 12.0. The van der Waals surface area contributed by atoms with Crippen LogP contribution in [0.1, 0.15) is 28.7 Å². The largest absolute Gasteiger partial charge is 0.455 e. The molecule has 132 valence electrons. The van der Waals surface area contributed by atoms with Gasteiger partial charge in [-0.05, 0) is 54.2 Å². The lowest BCUT2D eigenvalue weighted by atomic mass is 10.0. The molecule has 2 aromatic carbocycles. The normalized spacial score (nSPS) is 12.2. The predicted octanol–water partition coefficient (Wildman–Crippen LogP) is 3.42. The number of aryl methyl sites for hydroxylation is 2. The summed E-state index contributed by atoms with van der Waals surface area (Å²) in [6.45, 7) is -0.416. The van der Waals surface area contributed by atoms with Crippen LogP contribution in [0, 0.1) is 11.3 Å². The second-order valence-electron chi connectivity index (χ2n) is 6.14. The van der Waals surface area contributed by atoms with E-state index in [0.717, 1.165) is 24.8 Å². The molecule has 0 spiro atoms. The van der Waals surface area contributed by atoms with Gasteiger partial charge in [0.25, 0.3) is 5.91 Å². The average molecular weight is 369 g/mol. The first kappa shape index (κ1) is 18.0. The quantitative estimate of drug-likeness (QED) is 0.820. The molecular formula is C20H17ClN2O3. The van der Waals surface area contributed by atoms with Crippen LogP contribution in [0.2, 0.25) is 5.02 Å². The molecule has 3 rings (SSSR count). The van der Waals surface area contributed by atoms with Crippen molar-refractivity contribution in [2.75, 3.05) is 11.9 Å². The number of carbonyl (C=O) groups excluding carboxylic acids is 2. The van der Waals surface area contributed by atoms with E-state index in [-0.39, 0.29) is 12.0 Å². The van der Waals surface area contributed by atoms with E-state index < -0.39 is 18.5 Å². The fourth-order valence-electron chi connectivity index (χ4n) is 3.00. The van der Waals surface area contributed by atoms with E-state index in [9.17, 15) is 9.59 Å². The van der Waals surface area contributed by atoms with Crippen LogP contribution in [0.3, 0.4) is 0 Å². The molecule has 6 heteroatoms. The smallest absolute Gasteiger partial charge is 0.310 e. The van der Waals surface area contributed by atoms with Crippen molar-refractivity contribution in [3.63, 3.8) is 0 Å². The Morgan fingerprint density at radius 1 is 1.15 bits per heavy atom. The van der Waals surface area contributed by atoms with E-state index >= 15 is 0 Å². The molecule has 0 unspecified atom stereocenters. The molecule has 0 atom stereocenters. The molecule has 0 radical (unpaired) electrons. The molecule has 1 amide bonds. The lowest BCUT2D eigenvalue weighted by molar-refractivity contribution is -0.146. The standard InChI is InChI=1S/C20H17ClN2O3/c21-17-7-6-16(11-22)18(10-17)23-19(24)12-26-20(25)9-13-4-5-14-2-1-3-15(14)8-13/h4-8,10H,1-3,9,12H2,(H,23,24). The first-order valence-electron chi connectivity index (χ1n) is 8.31. The molecule has 0 aromatic heterocycles. The molecule has 0 saturated carbocycles. The van der Waals surface area contributed by atoms with Gasteiger partial charge < -0.3 is 10.1 Å². The van der Waals surface area contributed by atoms with Gasteiger partial charge in [0.05, 0.1) is 17.7 Å². The van der Waals surface area contributed by atoms with Gasteiger partial charge in [0.15, 0.2) is 6.61 Å². The summed E-state index contributed by atoms with van der Waals surface area (Å²) in [5, 5.41) is 12.0. The van der Waals surface area contributed by atoms with E-state index in [0.29, 0.717) is 10.7 Å². The summed E-state index contributed by atoms with van der Waals surface area (Å²) in [4.78, 5) is 23.9. The topological polar surface area (TPSA) is 79.2 Å². The van der Waals surface area contributed by atoms with Crippen molar-refractivity contribution in [2.45, 2.75) is 25.7 Å². The second-order valence-corrected chi connectivity index (χ2v) is 6.58. The molecule has 1 N–H and O–H groups in total. The van der Waals surface area contributed by atoms with Crippen LogP contribution in [-0.2, 0) is 33.6 Å². The minimum absolute atomic E-state index is 0.126. The van der Waals surface area contributed by atoms with Gasteiger partial charge in [-0.2, -0.15) is 5.26 Å². The van der Waals surface area contributed by atoms with Gasteiger partial charge in [-0.25, -0.2) is 0 Å². The molecule has 0 heterocycles. The number of fused-ring (bicyclic) bond motifs is 1. The SMILES string of the molecule is N#Cc1ccc(Cl)cc1NC(=O)COC(=O)Cc1ccc2c(c1)CCC2. The number of nitrogens with zero attached hydrogens (tertiary/aromatic N) is 1. The summed E-state index contributed by atoms with van der Waals surface area (Å²) in [6.07, 6.45) is 3.41. The van der Waals surface area contributed by atoms with E-state index in [1.54, 1.807) is 6.07 Å².